The average Bonchev–Trinajstić information content (AvgIpc) is 3.53. The SMILES string of the molecule is Cc1cc(-c2nc(-c3ccc(OC(F)(F)F)cc3)no2)nn1Cc1ccc(NCCN2CCC(F)CC2)nc1. The van der Waals surface area contributed by atoms with Crippen molar-refractivity contribution in [1.82, 2.24) is 29.8 Å². The quantitative estimate of drug-likeness (QED) is 0.291. The largest absolute Gasteiger partial charge is 0.573 e. The molecule has 9 nitrogen and oxygen atoms in total. The minimum Gasteiger partial charge on any atom is -0.406 e. The molecule has 0 spiro atoms. The normalized spacial score (nSPS) is 15.0. The number of rotatable bonds is 9. The van der Waals surface area contributed by atoms with Crippen LogP contribution in [0.2, 0.25) is 0 Å². The molecule has 1 saturated heterocycles. The Bertz CT molecular complexity index is 1360. The average molecular weight is 546 g/mol. The summed E-state index contributed by atoms with van der Waals surface area (Å²) in [7, 11) is 0. The van der Waals surface area contributed by atoms with Crippen LogP contribution in [0.5, 0.6) is 5.75 Å². The summed E-state index contributed by atoms with van der Waals surface area (Å²) in [4.78, 5) is 11.1. The van der Waals surface area contributed by atoms with Crippen molar-refractivity contribution in [3.05, 3.63) is 59.9 Å². The molecule has 0 bridgehead atoms. The molecule has 3 aromatic heterocycles. The summed E-state index contributed by atoms with van der Waals surface area (Å²) >= 11 is 0. The van der Waals surface area contributed by atoms with Crippen molar-refractivity contribution in [3.63, 3.8) is 0 Å². The first-order chi connectivity index (χ1) is 18.7. The van der Waals surface area contributed by atoms with Gasteiger partial charge in [-0.05, 0) is 61.7 Å². The number of aryl methyl sites for hydroxylation is 1. The molecule has 0 atom stereocenters. The number of nitrogens with one attached hydrogen (secondary N) is 1. The number of hydrogen-bond acceptors (Lipinski definition) is 8. The fourth-order valence-corrected chi connectivity index (χ4v) is 4.29. The number of halogens is 4. The zero-order chi connectivity index (χ0) is 27.4. The predicted molar refractivity (Wildman–Crippen MR) is 135 cm³/mol. The van der Waals surface area contributed by atoms with Gasteiger partial charge < -0.3 is 19.5 Å². The van der Waals surface area contributed by atoms with Crippen LogP contribution in [0.15, 0.2) is 53.2 Å². The molecule has 0 amide bonds. The zero-order valence-electron chi connectivity index (χ0n) is 21.2. The van der Waals surface area contributed by atoms with Crippen molar-refractivity contribution in [3.8, 4) is 28.7 Å². The number of ether oxygens (including phenoxy) is 1. The van der Waals surface area contributed by atoms with Gasteiger partial charge in [0.25, 0.3) is 5.89 Å². The molecule has 0 unspecified atom stereocenters. The van der Waals surface area contributed by atoms with E-state index in [-0.39, 0.29) is 17.5 Å². The van der Waals surface area contributed by atoms with Crippen LogP contribution in [0.3, 0.4) is 0 Å². The maximum absolute atomic E-state index is 13.3. The van der Waals surface area contributed by atoms with E-state index < -0.39 is 12.5 Å². The van der Waals surface area contributed by atoms with Crippen LogP contribution in [0.1, 0.15) is 24.1 Å². The van der Waals surface area contributed by atoms with E-state index in [2.05, 4.69) is 35.2 Å². The second-order valence-electron chi connectivity index (χ2n) is 9.32. The molecule has 0 saturated carbocycles. The molecule has 1 aromatic carbocycles. The molecule has 13 heteroatoms. The Kier molecular flexibility index (Phi) is 7.77. The van der Waals surface area contributed by atoms with E-state index >= 15 is 0 Å². The molecule has 1 aliphatic rings. The number of alkyl halides is 4. The van der Waals surface area contributed by atoms with Crippen molar-refractivity contribution in [2.24, 2.45) is 0 Å². The number of benzene rings is 1. The van der Waals surface area contributed by atoms with Crippen LogP contribution < -0.4 is 10.1 Å². The Morgan fingerprint density at radius 2 is 1.87 bits per heavy atom. The highest BCUT2D eigenvalue weighted by Crippen LogP contribution is 2.27. The van der Waals surface area contributed by atoms with Crippen LogP contribution in [0.4, 0.5) is 23.4 Å². The van der Waals surface area contributed by atoms with Crippen LogP contribution >= 0.6 is 0 Å². The highest BCUT2D eigenvalue weighted by molar-refractivity contribution is 5.59. The third-order valence-electron chi connectivity index (χ3n) is 6.38. The van der Waals surface area contributed by atoms with Crippen LogP contribution in [0.25, 0.3) is 23.0 Å². The number of anilines is 1. The van der Waals surface area contributed by atoms with E-state index in [0.29, 0.717) is 30.6 Å². The van der Waals surface area contributed by atoms with Gasteiger partial charge in [-0.3, -0.25) is 4.68 Å². The molecule has 206 valence electrons. The van der Waals surface area contributed by atoms with Crippen LogP contribution in [-0.2, 0) is 6.54 Å². The molecule has 39 heavy (non-hydrogen) atoms. The molecular formula is C26H27F4N7O2. The van der Waals surface area contributed by atoms with Gasteiger partial charge in [0.15, 0.2) is 5.69 Å². The number of aromatic nitrogens is 5. The van der Waals surface area contributed by atoms with E-state index in [1.165, 1.54) is 24.3 Å². The molecule has 1 aliphatic heterocycles. The fourth-order valence-electron chi connectivity index (χ4n) is 4.29. The summed E-state index contributed by atoms with van der Waals surface area (Å²) in [5.74, 6) is 0.844. The maximum Gasteiger partial charge on any atom is 0.573 e. The molecule has 4 aromatic rings. The molecule has 0 radical (unpaired) electrons. The lowest BCUT2D eigenvalue weighted by atomic mass is 10.1. The van der Waals surface area contributed by atoms with Gasteiger partial charge in [0.2, 0.25) is 5.82 Å². The second-order valence-corrected chi connectivity index (χ2v) is 9.32. The van der Waals surface area contributed by atoms with Gasteiger partial charge in [0, 0.05) is 43.6 Å². The van der Waals surface area contributed by atoms with Gasteiger partial charge in [-0.25, -0.2) is 9.37 Å². The Balaban J connectivity index is 1.17. The van der Waals surface area contributed by atoms with Crippen molar-refractivity contribution in [2.45, 2.75) is 38.8 Å². The van der Waals surface area contributed by atoms with Gasteiger partial charge >= 0.3 is 6.36 Å². The molecule has 1 N–H and O–H groups in total. The standard InChI is InChI=1S/C26H27F4N7O2/c1-17-14-22(25-33-24(35-39-25)19-3-5-21(6-4-19)38-26(28,29)30)34-37(17)16-18-2-7-23(32-15-18)31-10-13-36-11-8-20(27)9-12-36/h2-7,14-15,20H,8-13,16H2,1H3,(H,31,32). The van der Waals surface area contributed by atoms with Crippen LogP contribution in [-0.4, -0.2) is 68.5 Å². The molecule has 1 fully saturated rings. The third-order valence-corrected chi connectivity index (χ3v) is 6.38. The molecule has 0 aliphatic carbocycles. The van der Waals surface area contributed by atoms with Gasteiger partial charge in [0.1, 0.15) is 17.7 Å². The van der Waals surface area contributed by atoms with Crippen molar-refractivity contribution < 1.29 is 26.8 Å². The van der Waals surface area contributed by atoms with Crippen LogP contribution in [0, 0.1) is 6.92 Å². The van der Waals surface area contributed by atoms with Gasteiger partial charge in [0.05, 0.1) is 6.54 Å². The first-order valence-corrected chi connectivity index (χ1v) is 12.5. The maximum atomic E-state index is 13.3. The topological polar surface area (TPSA) is 94.1 Å². The first kappa shape index (κ1) is 26.6. The lowest BCUT2D eigenvalue weighted by molar-refractivity contribution is -0.274. The number of hydrogen-bond donors (Lipinski definition) is 1. The Hall–Kier alpha value is -4.00. The Labute approximate surface area is 221 Å². The summed E-state index contributed by atoms with van der Waals surface area (Å²) in [5, 5.41) is 11.8. The monoisotopic (exact) mass is 545 g/mol. The second kappa shape index (κ2) is 11.4. The van der Waals surface area contributed by atoms with Crippen molar-refractivity contribution in [2.75, 3.05) is 31.5 Å². The number of likely N-dealkylation sites (tertiary alicyclic amines) is 1. The minimum absolute atomic E-state index is 0.191. The Morgan fingerprint density at radius 1 is 1.10 bits per heavy atom. The summed E-state index contributed by atoms with van der Waals surface area (Å²) in [6.45, 7) is 5.56. The first-order valence-electron chi connectivity index (χ1n) is 12.5. The van der Waals surface area contributed by atoms with E-state index in [1.807, 2.05) is 25.1 Å². The van der Waals surface area contributed by atoms with Gasteiger partial charge in [-0.2, -0.15) is 10.1 Å². The molecule has 5 rings (SSSR count). The third kappa shape index (κ3) is 7.11. The highest BCUT2D eigenvalue weighted by Gasteiger charge is 2.31. The van der Waals surface area contributed by atoms with Crippen molar-refractivity contribution >= 4 is 5.82 Å². The lowest BCUT2D eigenvalue weighted by Gasteiger charge is -2.28. The van der Waals surface area contributed by atoms with Gasteiger partial charge in [-0.15, -0.1) is 13.2 Å². The summed E-state index contributed by atoms with van der Waals surface area (Å²) in [6, 6.07) is 10.9. The predicted octanol–water partition coefficient (Wildman–Crippen LogP) is 5.10. The highest BCUT2D eigenvalue weighted by atomic mass is 19.4. The summed E-state index contributed by atoms with van der Waals surface area (Å²) in [6.07, 6.45) is -2.43. The zero-order valence-corrected chi connectivity index (χ0v) is 21.2. The fraction of sp³-hybridized carbons (Fsp3) is 0.385. The number of piperidine rings is 1. The molecule has 4 heterocycles. The van der Waals surface area contributed by atoms with E-state index in [4.69, 9.17) is 4.52 Å². The smallest absolute Gasteiger partial charge is 0.406 e. The number of nitrogens with zero attached hydrogens (tertiary/aromatic N) is 6. The summed E-state index contributed by atoms with van der Waals surface area (Å²) in [5.41, 5.74) is 2.78. The van der Waals surface area contributed by atoms with Crippen molar-refractivity contribution in [1.29, 1.82) is 0 Å². The van der Waals surface area contributed by atoms with E-state index in [0.717, 1.165) is 43.3 Å². The van der Waals surface area contributed by atoms with E-state index in [1.54, 1.807) is 10.9 Å². The minimum atomic E-state index is -4.76. The number of pyridine rings is 1. The summed E-state index contributed by atoms with van der Waals surface area (Å²) < 4.78 is 61.4. The Morgan fingerprint density at radius 3 is 2.56 bits per heavy atom. The van der Waals surface area contributed by atoms with Gasteiger partial charge in [-0.1, -0.05) is 11.2 Å². The lowest BCUT2D eigenvalue weighted by Crippen LogP contribution is -2.37. The molecular weight excluding hydrogens is 518 g/mol. The van der Waals surface area contributed by atoms with E-state index in [9.17, 15) is 17.6 Å².